The second kappa shape index (κ2) is 10.2. The summed E-state index contributed by atoms with van der Waals surface area (Å²) in [5.41, 5.74) is 2.92. The standard InChI is InChI=1S/C21H26N2O2.ClH/c1-16-6-2-3-7-18(16)15-25-20-9-5-4-8-19(20)21(24)23-13-11-17-10-12-22-14-17;/h2-9,17,22H,10-15H2,1H3,(H,23,24);1H. The molecule has 5 heteroatoms. The molecule has 26 heavy (non-hydrogen) atoms. The molecule has 2 aromatic rings. The quantitative estimate of drug-likeness (QED) is 0.776. The van der Waals surface area contributed by atoms with E-state index in [-0.39, 0.29) is 18.3 Å². The lowest BCUT2D eigenvalue weighted by Gasteiger charge is -2.13. The number of amides is 1. The van der Waals surface area contributed by atoms with Crippen LogP contribution >= 0.6 is 12.4 Å². The van der Waals surface area contributed by atoms with Gasteiger partial charge in [0.1, 0.15) is 12.4 Å². The Kier molecular flexibility index (Phi) is 7.95. The highest BCUT2D eigenvalue weighted by Crippen LogP contribution is 2.20. The van der Waals surface area contributed by atoms with Crippen LogP contribution in [0.3, 0.4) is 0 Å². The lowest BCUT2D eigenvalue weighted by atomic mass is 10.1. The van der Waals surface area contributed by atoms with Gasteiger partial charge < -0.3 is 15.4 Å². The summed E-state index contributed by atoms with van der Waals surface area (Å²) in [5, 5.41) is 6.38. The van der Waals surface area contributed by atoms with Crippen molar-refractivity contribution in [1.82, 2.24) is 10.6 Å². The molecule has 3 rings (SSSR count). The van der Waals surface area contributed by atoms with Crippen molar-refractivity contribution in [1.29, 1.82) is 0 Å². The van der Waals surface area contributed by atoms with Crippen LogP contribution in [0.1, 0.15) is 34.3 Å². The molecule has 1 saturated heterocycles. The number of aryl methyl sites for hydroxylation is 1. The van der Waals surface area contributed by atoms with Crippen molar-refractivity contribution in [3.05, 3.63) is 65.2 Å². The molecule has 1 fully saturated rings. The first kappa shape index (κ1) is 20.3. The van der Waals surface area contributed by atoms with Gasteiger partial charge in [0.15, 0.2) is 0 Å². The predicted octanol–water partition coefficient (Wildman–Crippen LogP) is 3.73. The lowest BCUT2D eigenvalue weighted by Crippen LogP contribution is -2.26. The Balaban J connectivity index is 0.00000243. The Morgan fingerprint density at radius 2 is 1.96 bits per heavy atom. The van der Waals surface area contributed by atoms with Crippen LogP contribution in [0, 0.1) is 12.8 Å². The van der Waals surface area contributed by atoms with Crippen LogP contribution in [0.15, 0.2) is 48.5 Å². The van der Waals surface area contributed by atoms with E-state index in [0.717, 1.165) is 25.1 Å². The first-order valence-electron chi connectivity index (χ1n) is 8.99. The van der Waals surface area contributed by atoms with E-state index >= 15 is 0 Å². The average molecular weight is 375 g/mol. The molecule has 2 aromatic carbocycles. The SMILES string of the molecule is Cc1ccccc1COc1ccccc1C(=O)NCCC1CCNC1.Cl. The van der Waals surface area contributed by atoms with E-state index in [1.165, 1.54) is 12.0 Å². The highest BCUT2D eigenvalue weighted by Gasteiger charge is 2.16. The molecule has 1 atom stereocenters. The van der Waals surface area contributed by atoms with E-state index in [0.29, 0.717) is 30.4 Å². The van der Waals surface area contributed by atoms with Crippen LogP contribution < -0.4 is 15.4 Å². The first-order chi connectivity index (χ1) is 12.2. The van der Waals surface area contributed by atoms with E-state index in [4.69, 9.17) is 4.74 Å². The topological polar surface area (TPSA) is 50.4 Å². The summed E-state index contributed by atoms with van der Waals surface area (Å²) in [6.07, 6.45) is 2.22. The molecule has 0 aromatic heterocycles. The third-order valence-corrected chi connectivity index (χ3v) is 4.78. The van der Waals surface area contributed by atoms with Crippen LogP contribution in [0.25, 0.3) is 0 Å². The molecular weight excluding hydrogens is 348 g/mol. The predicted molar refractivity (Wildman–Crippen MR) is 107 cm³/mol. The molecule has 4 nitrogen and oxygen atoms in total. The fourth-order valence-electron chi connectivity index (χ4n) is 3.15. The molecule has 0 aliphatic carbocycles. The van der Waals surface area contributed by atoms with Crippen LogP contribution in [-0.4, -0.2) is 25.5 Å². The van der Waals surface area contributed by atoms with Crippen LogP contribution in [0.5, 0.6) is 5.75 Å². The number of rotatable bonds is 7. The molecule has 2 N–H and O–H groups in total. The van der Waals surface area contributed by atoms with E-state index in [9.17, 15) is 4.79 Å². The smallest absolute Gasteiger partial charge is 0.255 e. The van der Waals surface area contributed by atoms with Crippen molar-refractivity contribution in [3.8, 4) is 5.75 Å². The summed E-state index contributed by atoms with van der Waals surface area (Å²) >= 11 is 0. The van der Waals surface area contributed by atoms with Crippen LogP contribution in [-0.2, 0) is 6.61 Å². The Labute approximate surface area is 161 Å². The molecule has 1 aliphatic rings. The average Bonchev–Trinajstić information content (AvgIpc) is 3.15. The number of carbonyl (C=O) groups is 1. The zero-order chi connectivity index (χ0) is 17.5. The van der Waals surface area contributed by atoms with Gasteiger partial charge in [-0.2, -0.15) is 0 Å². The van der Waals surface area contributed by atoms with E-state index < -0.39 is 0 Å². The van der Waals surface area contributed by atoms with Gasteiger partial charge in [-0.25, -0.2) is 0 Å². The van der Waals surface area contributed by atoms with Crippen LogP contribution in [0.4, 0.5) is 0 Å². The van der Waals surface area contributed by atoms with Gasteiger partial charge in [-0.05, 0) is 62.0 Å². The third kappa shape index (κ3) is 5.48. The van der Waals surface area contributed by atoms with E-state index in [1.54, 1.807) is 0 Å². The summed E-state index contributed by atoms with van der Waals surface area (Å²) in [7, 11) is 0. The van der Waals surface area contributed by atoms with E-state index in [2.05, 4.69) is 23.6 Å². The summed E-state index contributed by atoms with van der Waals surface area (Å²) in [5.74, 6) is 1.24. The summed E-state index contributed by atoms with van der Waals surface area (Å²) in [6.45, 7) is 5.39. The monoisotopic (exact) mass is 374 g/mol. The Morgan fingerprint density at radius 1 is 1.19 bits per heavy atom. The van der Waals surface area contributed by atoms with E-state index in [1.807, 2.05) is 42.5 Å². The second-order valence-corrected chi connectivity index (χ2v) is 6.61. The van der Waals surface area contributed by atoms with Crippen molar-refractivity contribution in [2.75, 3.05) is 19.6 Å². The Bertz CT molecular complexity index is 715. The summed E-state index contributed by atoms with van der Waals surface area (Å²) < 4.78 is 5.93. The zero-order valence-electron chi connectivity index (χ0n) is 15.2. The second-order valence-electron chi connectivity index (χ2n) is 6.61. The van der Waals surface area contributed by atoms with Gasteiger partial charge >= 0.3 is 0 Å². The number of nitrogens with one attached hydrogen (secondary N) is 2. The Morgan fingerprint density at radius 3 is 2.73 bits per heavy atom. The maximum atomic E-state index is 12.5. The molecule has 0 radical (unpaired) electrons. The normalized spacial score (nSPS) is 16.0. The number of hydrogen-bond donors (Lipinski definition) is 2. The number of hydrogen-bond acceptors (Lipinski definition) is 3. The van der Waals surface area contributed by atoms with Crippen molar-refractivity contribution >= 4 is 18.3 Å². The molecule has 0 saturated carbocycles. The minimum Gasteiger partial charge on any atom is -0.488 e. The van der Waals surface area contributed by atoms with Crippen molar-refractivity contribution in [2.45, 2.75) is 26.4 Å². The summed E-state index contributed by atoms with van der Waals surface area (Å²) in [6, 6.07) is 15.6. The molecular formula is C21H27ClN2O2. The zero-order valence-corrected chi connectivity index (χ0v) is 16.0. The fourth-order valence-corrected chi connectivity index (χ4v) is 3.15. The molecule has 1 unspecified atom stereocenters. The molecule has 1 heterocycles. The van der Waals surface area contributed by atoms with Gasteiger partial charge in [0.05, 0.1) is 5.56 Å². The van der Waals surface area contributed by atoms with Crippen molar-refractivity contribution < 1.29 is 9.53 Å². The van der Waals surface area contributed by atoms with Gasteiger partial charge in [0.2, 0.25) is 0 Å². The number of benzene rings is 2. The maximum Gasteiger partial charge on any atom is 0.255 e. The lowest BCUT2D eigenvalue weighted by molar-refractivity contribution is 0.0947. The first-order valence-corrected chi connectivity index (χ1v) is 8.99. The maximum absolute atomic E-state index is 12.5. The number of carbonyl (C=O) groups excluding carboxylic acids is 1. The van der Waals surface area contributed by atoms with Gasteiger partial charge in [0, 0.05) is 6.54 Å². The molecule has 1 aliphatic heterocycles. The number of para-hydroxylation sites is 1. The van der Waals surface area contributed by atoms with Crippen molar-refractivity contribution in [3.63, 3.8) is 0 Å². The van der Waals surface area contributed by atoms with Gasteiger partial charge in [-0.15, -0.1) is 12.4 Å². The third-order valence-electron chi connectivity index (χ3n) is 4.78. The highest BCUT2D eigenvalue weighted by atomic mass is 35.5. The van der Waals surface area contributed by atoms with Gasteiger partial charge in [-0.3, -0.25) is 4.79 Å². The highest BCUT2D eigenvalue weighted by molar-refractivity contribution is 5.96. The van der Waals surface area contributed by atoms with Gasteiger partial charge in [-0.1, -0.05) is 36.4 Å². The van der Waals surface area contributed by atoms with Crippen molar-refractivity contribution in [2.24, 2.45) is 5.92 Å². The minimum absolute atomic E-state index is 0. The summed E-state index contributed by atoms with van der Waals surface area (Å²) in [4.78, 5) is 12.5. The van der Waals surface area contributed by atoms with Gasteiger partial charge in [0.25, 0.3) is 5.91 Å². The minimum atomic E-state index is -0.0636. The molecule has 1 amide bonds. The fraction of sp³-hybridized carbons (Fsp3) is 0.381. The largest absolute Gasteiger partial charge is 0.488 e. The van der Waals surface area contributed by atoms with Crippen LogP contribution in [0.2, 0.25) is 0 Å². The molecule has 140 valence electrons. The number of halogens is 1. The molecule has 0 spiro atoms. The Hall–Kier alpha value is -2.04. The molecule has 0 bridgehead atoms. The number of ether oxygens (including phenoxy) is 1.